The Balaban J connectivity index is 1.49. The summed E-state index contributed by atoms with van der Waals surface area (Å²) in [6, 6.07) is 13.6. The first-order chi connectivity index (χ1) is 13.1. The van der Waals surface area contributed by atoms with Gasteiger partial charge in [-0.15, -0.1) is 0 Å². The zero-order valence-electron chi connectivity index (χ0n) is 15.1. The van der Waals surface area contributed by atoms with E-state index in [0.29, 0.717) is 30.4 Å². The number of amides is 1. The standard InChI is InChI=1S/C21H20FN3O2/c1-14-4-6-15(7-5-14)19-23-20(27-24-19)17-3-2-12-25(13-17)21(26)16-8-10-18(22)11-9-16/h4-11,17H,2-3,12-13H2,1H3/t17-/m1/s1. The lowest BCUT2D eigenvalue weighted by atomic mass is 9.97. The van der Waals surface area contributed by atoms with Crippen LogP contribution in [0.2, 0.25) is 0 Å². The van der Waals surface area contributed by atoms with Crippen LogP contribution in [0.3, 0.4) is 0 Å². The molecule has 0 radical (unpaired) electrons. The van der Waals surface area contributed by atoms with Gasteiger partial charge in [0.25, 0.3) is 5.91 Å². The first-order valence-electron chi connectivity index (χ1n) is 9.05. The summed E-state index contributed by atoms with van der Waals surface area (Å²) in [4.78, 5) is 19.0. The predicted molar refractivity (Wildman–Crippen MR) is 98.7 cm³/mol. The molecule has 27 heavy (non-hydrogen) atoms. The molecule has 2 heterocycles. The number of likely N-dealkylation sites (tertiary alicyclic amines) is 1. The fraction of sp³-hybridized carbons (Fsp3) is 0.286. The number of halogens is 1. The Hall–Kier alpha value is -3.02. The molecular formula is C21H20FN3O2. The maximum atomic E-state index is 13.1. The van der Waals surface area contributed by atoms with Gasteiger partial charge in [-0.05, 0) is 44.0 Å². The van der Waals surface area contributed by atoms with Crippen LogP contribution in [0.1, 0.15) is 40.6 Å². The van der Waals surface area contributed by atoms with E-state index in [9.17, 15) is 9.18 Å². The van der Waals surface area contributed by atoms with Crippen molar-refractivity contribution in [1.29, 1.82) is 0 Å². The molecule has 1 atom stereocenters. The molecule has 1 fully saturated rings. The molecule has 0 bridgehead atoms. The van der Waals surface area contributed by atoms with Crippen LogP contribution in [0.4, 0.5) is 4.39 Å². The highest BCUT2D eigenvalue weighted by Gasteiger charge is 2.29. The van der Waals surface area contributed by atoms with Gasteiger partial charge in [0, 0.05) is 24.2 Å². The van der Waals surface area contributed by atoms with Gasteiger partial charge in [0.15, 0.2) is 0 Å². The van der Waals surface area contributed by atoms with Crippen LogP contribution >= 0.6 is 0 Å². The monoisotopic (exact) mass is 365 g/mol. The van der Waals surface area contributed by atoms with E-state index in [2.05, 4.69) is 10.1 Å². The molecule has 1 aliphatic heterocycles. The number of hydrogen-bond acceptors (Lipinski definition) is 4. The van der Waals surface area contributed by atoms with Crippen LogP contribution in [-0.4, -0.2) is 34.0 Å². The first-order valence-corrected chi connectivity index (χ1v) is 9.05. The third kappa shape index (κ3) is 3.74. The van der Waals surface area contributed by atoms with Crippen molar-refractivity contribution in [1.82, 2.24) is 15.0 Å². The van der Waals surface area contributed by atoms with Crippen molar-refractivity contribution in [2.24, 2.45) is 0 Å². The van der Waals surface area contributed by atoms with Gasteiger partial charge in [0.1, 0.15) is 5.82 Å². The van der Waals surface area contributed by atoms with Gasteiger partial charge >= 0.3 is 0 Å². The lowest BCUT2D eigenvalue weighted by Gasteiger charge is -2.31. The summed E-state index contributed by atoms with van der Waals surface area (Å²) in [5, 5.41) is 4.10. The molecule has 0 spiro atoms. The van der Waals surface area contributed by atoms with Gasteiger partial charge in [-0.25, -0.2) is 4.39 Å². The quantitative estimate of drug-likeness (QED) is 0.698. The Morgan fingerprint density at radius 3 is 2.63 bits per heavy atom. The molecule has 1 aliphatic rings. The summed E-state index contributed by atoms with van der Waals surface area (Å²) in [5.41, 5.74) is 2.57. The van der Waals surface area contributed by atoms with Gasteiger partial charge in [0.2, 0.25) is 11.7 Å². The van der Waals surface area contributed by atoms with E-state index in [1.54, 1.807) is 4.90 Å². The fourth-order valence-electron chi connectivity index (χ4n) is 3.36. The Labute approximate surface area is 156 Å². The number of aryl methyl sites for hydroxylation is 1. The van der Waals surface area contributed by atoms with E-state index >= 15 is 0 Å². The molecule has 4 rings (SSSR count). The van der Waals surface area contributed by atoms with Crippen molar-refractivity contribution >= 4 is 5.91 Å². The first kappa shape index (κ1) is 17.4. The number of nitrogens with zero attached hydrogens (tertiary/aromatic N) is 3. The number of carbonyl (C=O) groups excluding carboxylic acids is 1. The summed E-state index contributed by atoms with van der Waals surface area (Å²) in [7, 11) is 0. The number of benzene rings is 2. The van der Waals surface area contributed by atoms with Crippen molar-refractivity contribution in [2.45, 2.75) is 25.7 Å². The Bertz CT molecular complexity index is 935. The topological polar surface area (TPSA) is 59.2 Å². The van der Waals surface area contributed by atoms with Gasteiger partial charge in [-0.2, -0.15) is 4.98 Å². The zero-order valence-corrected chi connectivity index (χ0v) is 15.1. The van der Waals surface area contributed by atoms with Gasteiger partial charge in [-0.1, -0.05) is 35.0 Å². The largest absolute Gasteiger partial charge is 0.339 e. The maximum Gasteiger partial charge on any atom is 0.253 e. The molecule has 3 aromatic rings. The van der Waals surface area contributed by atoms with Crippen molar-refractivity contribution in [3.63, 3.8) is 0 Å². The Morgan fingerprint density at radius 2 is 1.89 bits per heavy atom. The number of hydrogen-bond donors (Lipinski definition) is 0. The zero-order chi connectivity index (χ0) is 18.8. The summed E-state index contributed by atoms with van der Waals surface area (Å²) < 4.78 is 18.6. The van der Waals surface area contributed by atoms with E-state index in [-0.39, 0.29) is 17.6 Å². The van der Waals surface area contributed by atoms with E-state index in [1.165, 1.54) is 29.8 Å². The Kier molecular flexibility index (Phi) is 4.71. The fourth-order valence-corrected chi connectivity index (χ4v) is 3.36. The van der Waals surface area contributed by atoms with Crippen molar-refractivity contribution in [3.05, 3.63) is 71.4 Å². The minimum atomic E-state index is -0.349. The average molecular weight is 365 g/mol. The second-order valence-corrected chi connectivity index (χ2v) is 6.92. The smallest absolute Gasteiger partial charge is 0.253 e. The molecule has 0 unspecified atom stereocenters. The minimum Gasteiger partial charge on any atom is -0.339 e. The lowest BCUT2D eigenvalue weighted by molar-refractivity contribution is 0.0695. The molecule has 138 valence electrons. The third-order valence-electron chi connectivity index (χ3n) is 4.90. The lowest BCUT2D eigenvalue weighted by Crippen LogP contribution is -2.39. The van der Waals surface area contributed by atoms with Crippen LogP contribution in [-0.2, 0) is 0 Å². The van der Waals surface area contributed by atoms with Gasteiger partial charge in [-0.3, -0.25) is 4.79 Å². The molecule has 0 N–H and O–H groups in total. The molecule has 0 aliphatic carbocycles. The molecule has 5 nitrogen and oxygen atoms in total. The van der Waals surface area contributed by atoms with Crippen LogP contribution in [0, 0.1) is 12.7 Å². The van der Waals surface area contributed by atoms with E-state index in [4.69, 9.17) is 4.52 Å². The second kappa shape index (κ2) is 7.31. The van der Waals surface area contributed by atoms with Crippen molar-refractivity contribution in [3.8, 4) is 11.4 Å². The minimum absolute atomic E-state index is 0.00912. The van der Waals surface area contributed by atoms with Crippen LogP contribution in [0.15, 0.2) is 53.1 Å². The van der Waals surface area contributed by atoms with E-state index in [0.717, 1.165) is 18.4 Å². The number of rotatable bonds is 3. The molecule has 1 aromatic heterocycles. The maximum absolute atomic E-state index is 13.1. The highest BCUT2D eigenvalue weighted by molar-refractivity contribution is 5.94. The van der Waals surface area contributed by atoms with E-state index < -0.39 is 0 Å². The molecule has 1 saturated heterocycles. The molecule has 1 amide bonds. The summed E-state index contributed by atoms with van der Waals surface area (Å²) in [6.45, 7) is 3.22. The molecule has 6 heteroatoms. The summed E-state index contributed by atoms with van der Waals surface area (Å²) in [5.74, 6) is 0.680. The summed E-state index contributed by atoms with van der Waals surface area (Å²) >= 11 is 0. The predicted octanol–water partition coefficient (Wildman–Crippen LogP) is 4.20. The van der Waals surface area contributed by atoms with E-state index in [1.807, 2.05) is 31.2 Å². The van der Waals surface area contributed by atoms with Gasteiger partial charge in [0.05, 0.1) is 5.92 Å². The van der Waals surface area contributed by atoms with Crippen molar-refractivity contribution < 1.29 is 13.7 Å². The second-order valence-electron chi connectivity index (χ2n) is 6.92. The van der Waals surface area contributed by atoms with Crippen LogP contribution < -0.4 is 0 Å². The molecule has 0 saturated carbocycles. The number of aromatic nitrogens is 2. The van der Waals surface area contributed by atoms with Crippen LogP contribution in [0.25, 0.3) is 11.4 Å². The number of carbonyl (C=O) groups is 1. The molecule has 2 aromatic carbocycles. The normalized spacial score (nSPS) is 17.1. The van der Waals surface area contributed by atoms with Crippen LogP contribution in [0.5, 0.6) is 0 Å². The highest BCUT2D eigenvalue weighted by atomic mass is 19.1. The van der Waals surface area contributed by atoms with Gasteiger partial charge < -0.3 is 9.42 Å². The number of piperidine rings is 1. The van der Waals surface area contributed by atoms with Crippen molar-refractivity contribution in [2.75, 3.05) is 13.1 Å². The Morgan fingerprint density at radius 1 is 1.15 bits per heavy atom. The highest BCUT2D eigenvalue weighted by Crippen LogP contribution is 2.28. The average Bonchev–Trinajstić information content (AvgIpc) is 3.19. The third-order valence-corrected chi connectivity index (χ3v) is 4.90. The molecular weight excluding hydrogens is 345 g/mol. The summed E-state index contributed by atoms with van der Waals surface area (Å²) in [6.07, 6.45) is 1.75. The SMILES string of the molecule is Cc1ccc(-c2noc([C@@H]3CCCN(C(=O)c4ccc(F)cc4)C3)n2)cc1.